The Morgan fingerprint density at radius 1 is 1.23 bits per heavy atom. The number of H-pyrrole nitrogens is 1. The zero-order valence-electron chi connectivity index (χ0n) is 11.9. The van der Waals surface area contributed by atoms with Gasteiger partial charge in [-0.15, -0.1) is 10.2 Å². The van der Waals surface area contributed by atoms with Crippen molar-refractivity contribution in [1.82, 2.24) is 15.2 Å². The molecule has 112 valence electrons. The van der Waals surface area contributed by atoms with E-state index in [1.54, 1.807) is 37.6 Å². The quantitative estimate of drug-likeness (QED) is 0.749. The minimum absolute atomic E-state index is 0.276. The third kappa shape index (κ3) is 3.14. The maximum atomic E-state index is 12.0. The van der Waals surface area contributed by atoms with Crippen LogP contribution in [0.3, 0.4) is 0 Å². The smallest absolute Gasteiger partial charge is 0.274 e. The van der Waals surface area contributed by atoms with Gasteiger partial charge in [0.1, 0.15) is 17.2 Å². The number of rotatable bonds is 5. The van der Waals surface area contributed by atoms with E-state index in [4.69, 9.17) is 9.15 Å². The van der Waals surface area contributed by atoms with Crippen molar-refractivity contribution in [2.45, 2.75) is 6.42 Å². The van der Waals surface area contributed by atoms with Crippen molar-refractivity contribution < 1.29 is 9.15 Å². The molecule has 0 aliphatic carbocycles. The standard InChI is InChI=1S/C15H14N4O3/c1-21-11-6-4-10(5-7-11)16-15-17-14(20)13(18-19-15)9-12-3-2-8-22-12/h2-8H,9H2,1H3,(H2,16,17,19,20). The summed E-state index contributed by atoms with van der Waals surface area (Å²) in [6, 6.07) is 10.8. The molecular weight excluding hydrogens is 284 g/mol. The van der Waals surface area contributed by atoms with Gasteiger partial charge in [0.15, 0.2) is 0 Å². The zero-order valence-corrected chi connectivity index (χ0v) is 11.9. The van der Waals surface area contributed by atoms with E-state index in [2.05, 4.69) is 20.5 Å². The molecule has 0 amide bonds. The minimum atomic E-state index is -0.303. The van der Waals surface area contributed by atoms with Crippen LogP contribution in [-0.2, 0) is 6.42 Å². The molecular formula is C15H14N4O3. The fourth-order valence-corrected chi connectivity index (χ4v) is 1.92. The Kier molecular flexibility index (Phi) is 3.86. The molecule has 0 bridgehead atoms. The number of methoxy groups -OCH3 is 1. The van der Waals surface area contributed by atoms with Crippen molar-refractivity contribution in [3.8, 4) is 5.75 Å². The van der Waals surface area contributed by atoms with Crippen LogP contribution in [-0.4, -0.2) is 22.3 Å². The lowest BCUT2D eigenvalue weighted by molar-refractivity contribution is 0.415. The third-order valence-electron chi connectivity index (χ3n) is 3.04. The first-order chi connectivity index (χ1) is 10.7. The number of hydrogen-bond donors (Lipinski definition) is 2. The largest absolute Gasteiger partial charge is 0.497 e. The molecule has 2 N–H and O–H groups in total. The van der Waals surface area contributed by atoms with Gasteiger partial charge < -0.3 is 14.5 Å². The number of anilines is 2. The maximum Gasteiger partial charge on any atom is 0.274 e. The molecule has 0 atom stereocenters. The van der Waals surface area contributed by atoms with Crippen LogP contribution < -0.4 is 15.6 Å². The number of ether oxygens (including phenoxy) is 1. The van der Waals surface area contributed by atoms with E-state index in [1.165, 1.54) is 0 Å². The van der Waals surface area contributed by atoms with Crippen LogP contribution in [0.5, 0.6) is 5.75 Å². The zero-order chi connectivity index (χ0) is 15.4. The summed E-state index contributed by atoms with van der Waals surface area (Å²) in [5, 5.41) is 10.9. The number of nitrogens with zero attached hydrogens (tertiary/aromatic N) is 2. The number of benzene rings is 1. The molecule has 0 unspecified atom stereocenters. The summed E-state index contributed by atoms with van der Waals surface area (Å²) in [7, 11) is 1.60. The van der Waals surface area contributed by atoms with E-state index >= 15 is 0 Å². The van der Waals surface area contributed by atoms with Crippen LogP contribution in [0, 0.1) is 0 Å². The van der Waals surface area contributed by atoms with Crippen LogP contribution in [0.25, 0.3) is 0 Å². The maximum absolute atomic E-state index is 12.0. The predicted molar refractivity (Wildman–Crippen MR) is 80.4 cm³/mol. The molecule has 1 aromatic carbocycles. The molecule has 0 fully saturated rings. The van der Waals surface area contributed by atoms with Crippen LogP contribution in [0.1, 0.15) is 11.5 Å². The summed E-state index contributed by atoms with van der Waals surface area (Å²) < 4.78 is 10.3. The molecule has 2 aromatic heterocycles. The molecule has 0 saturated carbocycles. The van der Waals surface area contributed by atoms with Crippen molar-refractivity contribution in [3.05, 3.63) is 64.5 Å². The molecule has 7 heteroatoms. The minimum Gasteiger partial charge on any atom is -0.497 e. The second kappa shape index (κ2) is 6.13. The van der Waals surface area contributed by atoms with Gasteiger partial charge in [-0.25, -0.2) is 0 Å². The average Bonchev–Trinajstić information content (AvgIpc) is 3.04. The van der Waals surface area contributed by atoms with E-state index in [0.717, 1.165) is 11.4 Å². The van der Waals surface area contributed by atoms with Gasteiger partial charge in [-0.2, -0.15) is 0 Å². The first-order valence-electron chi connectivity index (χ1n) is 6.64. The van der Waals surface area contributed by atoms with Gasteiger partial charge in [0.25, 0.3) is 5.56 Å². The van der Waals surface area contributed by atoms with E-state index < -0.39 is 0 Å². The van der Waals surface area contributed by atoms with Gasteiger partial charge in [-0.05, 0) is 36.4 Å². The molecule has 0 aliphatic rings. The van der Waals surface area contributed by atoms with E-state index in [9.17, 15) is 4.79 Å². The number of nitrogens with one attached hydrogen (secondary N) is 2. The monoisotopic (exact) mass is 298 g/mol. The van der Waals surface area contributed by atoms with Gasteiger partial charge in [0, 0.05) is 5.69 Å². The number of furan rings is 1. The second-order valence-corrected chi connectivity index (χ2v) is 4.56. The normalized spacial score (nSPS) is 10.4. The highest BCUT2D eigenvalue weighted by atomic mass is 16.5. The lowest BCUT2D eigenvalue weighted by Crippen LogP contribution is -2.18. The van der Waals surface area contributed by atoms with Crippen LogP contribution in [0.15, 0.2) is 51.9 Å². The summed E-state index contributed by atoms with van der Waals surface area (Å²) >= 11 is 0. The van der Waals surface area contributed by atoms with Gasteiger partial charge in [0.05, 0.1) is 19.8 Å². The summed E-state index contributed by atoms with van der Waals surface area (Å²) in [4.78, 5) is 14.6. The van der Waals surface area contributed by atoms with E-state index in [0.29, 0.717) is 17.9 Å². The molecule has 0 aliphatic heterocycles. The number of aromatic amines is 1. The van der Waals surface area contributed by atoms with Crippen LogP contribution in [0.2, 0.25) is 0 Å². The second-order valence-electron chi connectivity index (χ2n) is 4.56. The summed E-state index contributed by atoms with van der Waals surface area (Å²) in [6.45, 7) is 0. The average molecular weight is 298 g/mol. The molecule has 0 radical (unpaired) electrons. The van der Waals surface area contributed by atoms with Crippen molar-refractivity contribution >= 4 is 11.6 Å². The highest BCUT2D eigenvalue weighted by Gasteiger charge is 2.08. The van der Waals surface area contributed by atoms with E-state index in [1.807, 2.05) is 12.1 Å². The summed E-state index contributed by atoms with van der Waals surface area (Å²) in [5.41, 5.74) is 0.766. The van der Waals surface area contributed by atoms with Crippen molar-refractivity contribution in [2.24, 2.45) is 0 Å². The Morgan fingerprint density at radius 2 is 2.05 bits per heavy atom. The SMILES string of the molecule is COc1ccc(Nc2nnc(Cc3ccco3)c(=O)[nH]2)cc1. The van der Waals surface area contributed by atoms with E-state index in [-0.39, 0.29) is 11.5 Å². The Hall–Kier alpha value is -3.09. The Morgan fingerprint density at radius 3 is 2.68 bits per heavy atom. The lowest BCUT2D eigenvalue weighted by Gasteiger charge is -2.06. The van der Waals surface area contributed by atoms with Gasteiger partial charge in [0.2, 0.25) is 5.95 Å². The Bertz CT molecular complexity index is 794. The fourth-order valence-electron chi connectivity index (χ4n) is 1.92. The van der Waals surface area contributed by atoms with Gasteiger partial charge >= 0.3 is 0 Å². The van der Waals surface area contributed by atoms with Crippen LogP contribution in [0.4, 0.5) is 11.6 Å². The molecule has 7 nitrogen and oxygen atoms in total. The lowest BCUT2D eigenvalue weighted by atomic mass is 10.2. The highest BCUT2D eigenvalue weighted by Crippen LogP contribution is 2.17. The molecule has 0 saturated heterocycles. The first-order valence-corrected chi connectivity index (χ1v) is 6.64. The molecule has 22 heavy (non-hydrogen) atoms. The molecule has 0 spiro atoms. The molecule has 3 aromatic rings. The highest BCUT2D eigenvalue weighted by molar-refractivity contribution is 5.54. The van der Waals surface area contributed by atoms with Crippen molar-refractivity contribution in [3.63, 3.8) is 0 Å². The van der Waals surface area contributed by atoms with Crippen LogP contribution >= 0.6 is 0 Å². The third-order valence-corrected chi connectivity index (χ3v) is 3.04. The predicted octanol–water partition coefficient (Wildman–Crippen LogP) is 2.10. The fraction of sp³-hybridized carbons (Fsp3) is 0.133. The molecule has 3 rings (SSSR count). The van der Waals surface area contributed by atoms with Crippen molar-refractivity contribution in [1.29, 1.82) is 0 Å². The molecule has 2 heterocycles. The topological polar surface area (TPSA) is 93.0 Å². The first kappa shape index (κ1) is 13.9. The van der Waals surface area contributed by atoms with Gasteiger partial charge in [-0.1, -0.05) is 0 Å². The van der Waals surface area contributed by atoms with Gasteiger partial charge in [-0.3, -0.25) is 9.78 Å². The summed E-state index contributed by atoms with van der Waals surface area (Å²) in [5.74, 6) is 1.69. The number of aromatic nitrogens is 3. The summed E-state index contributed by atoms with van der Waals surface area (Å²) in [6.07, 6.45) is 1.86. The van der Waals surface area contributed by atoms with Crippen molar-refractivity contribution in [2.75, 3.05) is 12.4 Å². The number of hydrogen-bond acceptors (Lipinski definition) is 6. The Labute approximate surface area is 126 Å². The Balaban J connectivity index is 1.75.